The maximum absolute atomic E-state index is 9.89. The van der Waals surface area contributed by atoms with Crippen LogP contribution in [-0.2, 0) is 0 Å². The maximum Gasteiger partial charge on any atom is 0.106 e. The van der Waals surface area contributed by atoms with Gasteiger partial charge in [-0.15, -0.1) is 0 Å². The van der Waals surface area contributed by atoms with Gasteiger partial charge in [0, 0.05) is 3.57 Å². The van der Waals surface area contributed by atoms with Crippen LogP contribution in [0.4, 0.5) is 0 Å². The third-order valence-electron chi connectivity index (χ3n) is 2.23. The average Bonchev–Trinajstić information content (AvgIpc) is 2.16. The van der Waals surface area contributed by atoms with Gasteiger partial charge in [-0.05, 0) is 40.1 Å². The predicted molar refractivity (Wildman–Crippen MR) is 65.0 cm³/mol. The molecule has 0 aliphatic rings. The number of aliphatic hydroxyl groups excluding tert-OH is 2. The summed E-state index contributed by atoms with van der Waals surface area (Å²) in [4.78, 5) is 0. The van der Waals surface area contributed by atoms with Crippen LogP contribution in [0.5, 0.6) is 0 Å². The second kappa shape index (κ2) is 5.09. The highest BCUT2D eigenvalue weighted by atomic mass is 127. The monoisotopic (exact) mass is 306 g/mol. The van der Waals surface area contributed by atoms with Crippen LogP contribution in [0.25, 0.3) is 0 Å². The molecule has 2 N–H and O–H groups in total. The minimum atomic E-state index is -0.789. The zero-order chi connectivity index (χ0) is 10.7. The summed E-state index contributed by atoms with van der Waals surface area (Å²) in [5, 5.41) is 19.6. The third kappa shape index (κ3) is 2.68. The molecule has 78 valence electrons. The molecule has 0 saturated carbocycles. The third-order valence-corrected chi connectivity index (χ3v) is 3.21. The molecule has 1 aromatic carbocycles. The summed E-state index contributed by atoms with van der Waals surface area (Å²) < 4.78 is 0.984. The first-order valence-corrected chi connectivity index (χ1v) is 5.72. The molecular formula is C11H15IO2. The molecule has 14 heavy (non-hydrogen) atoms. The van der Waals surface area contributed by atoms with E-state index in [0.29, 0.717) is 0 Å². The van der Waals surface area contributed by atoms with Crippen molar-refractivity contribution in [1.29, 1.82) is 0 Å². The van der Waals surface area contributed by atoms with Gasteiger partial charge >= 0.3 is 0 Å². The summed E-state index contributed by atoms with van der Waals surface area (Å²) in [6.45, 7) is 3.79. The van der Waals surface area contributed by atoms with E-state index in [1.54, 1.807) is 0 Å². The van der Waals surface area contributed by atoms with E-state index in [1.165, 1.54) is 0 Å². The van der Waals surface area contributed by atoms with Crippen LogP contribution < -0.4 is 0 Å². The predicted octanol–water partition coefficient (Wildman–Crippen LogP) is 2.34. The van der Waals surface area contributed by atoms with Crippen molar-refractivity contribution in [2.75, 3.05) is 0 Å². The van der Waals surface area contributed by atoms with Gasteiger partial charge < -0.3 is 10.2 Å². The van der Waals surface area contributed by atoms with E-state index < -0.39 is 12.2 Å². The van der Waals surface area contributed by atoms with E-state index in [2.05, 4.69) is 22.6 Å². The standard InChI is InChI=1S/C11H15IO2/c1-7(2)10(13)11(14)8-5-3-4-6-9(8)12/h3-7,10-11,13-14H,1-2H3/t10-,11-/m1/s1. The number of hydrogen-bond acceptors (Lipinski definition) is 2. The molecular weight excluding hydrogens is 291 g/mol. The Morgan fingerprint density at radius 1 is 1.14 bits per heavy atom. The average molecular weight is 306 g/mol. The number of hydrogen-bond donors (Lipinski definition) is 2. The molecule has 2 atom stereocenters. The first-order chi connectivity index (χ1) is 6.54. The molecule has 0 radical (unpaired) electrons. The molecule has 0 aliphatic heterocycles. The summed E-state index contributed by atoms with van der Waals surface area (Å²) in [7, 11) is 0. The van der Waals surface area contributed by atoms with E-state index in [9.17, 15) is 10.2 Å². The molecule has 0 aromatic heterocycles. The van der Waals surface area contributed by atoms with Crippen LogP contribution in [-0.4, -0.2) is 16.3 Å². The van der Waals surface area contributed by atoms with Crippen molar-refractivity contribution in [1.82, 2.24) is 0 Å². The van der Waals surface area contributed by atoms with Crippen molar-refractivity contribution >= 4 is 22.6 Å². The molecule has 0 amide bonds. The fraction of sp³-hybridized carbons (Fsp3) is 0.455. The summed E-state index contributed by atoms with van der Waals surface area (Å²) in [6, 6.07) is 7.55. The molecule has 0 spiro atoms. The van der Waals surface area contributed by atoms with Crippen molar-refractivity contribution in [3.8, 4) is 0 Å². The second-order valence-electron chi connectivity index (χ2n) is 3.70. The van der Waals surface area contributed by atoms with Crippen LogP contribution in [0, 0.1) is 9.49 Å². The molecule has 3 heteroatoms. The summed E-state index contributed by atoms with van der Waals surface area (Å²) in [5.74, 6) is 0.0565. The highest BCUT2D eigenvalue weighted by molar-refractivity contribution is 14.1. The van der Waals surface area contributed by atoms with Crippen LogP contribution >= 0.6 is 22.6 Å². The van der Waals surface area contributed by atoms with Crippen LogP contribution in [0.15, 0.2) is 24.3 Å². The Morgan fingerprint density at radius 3 is 2.21 bits per heavy atom. The lowest BCUT2D eigenvalue weighted by atomic mass is 9.96. The van der Waals surface area contributed by atoms with Gasteiger partial charge in [-0.3, -0.25) is 0 Å². The highest BCUT2D eigenvalue weighted by Crippen LogP contribution is 2.25. The zero-order valence-electron chi connectivity index (χ0n) is 8.31. The highest BCUT2D eigenvalue weighted by Gasteiger charge is 2.22. The fourth-order valence-electron chi connectivity index (χ4n) is 1.26. The first-order valence-electron chi connectivity index (χ1n) is 4.64. The molecule has 1 rings (SSSR count). The fourth-order valence-corrected chi connectivity index (χ4v) is 1.97. The minimum absolute atomic E-state index is 0.0565. The molecule has 0 bridgehead atoms. The van der Waals surface area contributed by atoms with Crippen molar-refractivity contribution in [3.05, 3.63) is 33.4 Å². The molecule has 0 heterocycles. The summed E-state index contributed by atoms with van der Waals surface area (Å²) in [5.41, 5.74) is 0.800. The van der Waals surface area contributed by atoms with E-state index >= 15 is 0 Å². The van der Waals surface area contributed by atoms with Crippen LogP contribution in [0.2, 0.25) is 0 Å². The molecule has 2 nitrogen and oxygen atoms in total. The first kappa shape index (κ1) is 11.9. The lowest BCUT2D eigenvalue weighted by Crippen LogP contribution is -2.24. The largest absolute Gasteiger partial charge is 0.390 e. The van der Waals surface area contributed by atoms with Gasteiger partial charge in [0.25, 0.3) is 0 Å². The van der Waals surface area contributed by atoms with Crippen molar-refractivity contribution < 1.29 is 10.2 Å². The van der Waals surface area contributed by atoms with Crippen LogP contribution in [0.1, 0.15) is 25.5 Å². The molecule has 0 aliphatic carbocycles. The minimum Gasteiger partial charge on any atom is -0.390 e. The lowest BCUT2D eigenvalue weighted by molar-refractivity contribution is -0.00981. The number of benzene rings is 1. The zero-order valence-corrected chi connectivity index (χ0v) is 10.5. The normalized spacial score (nSPS) is 15.6. The molecule has 0 unspecified atom stereocenters. The lowest BCUT2D eigenvalue weighted by Gasteiger charge is -2.22. The number of halogens is 1. The van der Waals surface area contributed by atoms with Gasteiger partial charge in [-0.2, -0.15) is 0 Å². The molecule has 0 saturated heterocycles. The second-order valence-corrected chi connectivity index (χ2v) is 4.86. The Labute approximate surface area is 98.1 Å². The van der Waals surface area contributed by atoms with Gasteiger partial charge in [-0.1, -0.05) is 32.0 Å². The summed E-state index contributed by atoms with van der Waals surface area (Å²) >= 11 is 2.16. The van der Waals surface area contributed by atoms with Gasteiger partial charge in [0.1, 0.15) is 6.10 Å². The van der Waals surface area contributed by atoms with Crippen LogP contribution in [0.3, 0.4) is 0 Å². The van der Waals surface area contributed by atoms with E-state index in [1.807, 2.05) is 38.1 Å². The number of rotatable bonds is 3. The Bertz CT molecular complexity index is 299. The van der Waals surface area contributed by atoms with Crippen molar-refractivity contribution in [2.45, 2.75) is 26.1 Å². The number of aliphatic hydroxyl groups is 2. The SMILES string of the molecule is CC(C)[C@@H](O)[C@H](O)c1ccccc1I. The Hall–Kier alpha value is -0.130. The van der Waals surface area contributed by atoms with Gasteiger partial charge in [0.2, 0.25) is 0 Å². The Morgan fingerprint density at radius 2 is 1.71 bits per heavy atom. The van der Waals surface area contributed by atoms with Gasteiger partial charge in [0.15, 0.2) is 0 Å². The molecule has 0 fully saturated rings. The molecule has 1 aromatic rings. The Kier molecular flexibility index (Phi) is 4.34. The van der Waals surface area contributed by atoms with E-state index in [-0.39, 0.29) is 5.92 Å². The van der Waals surface area contributed by atoms with E-state index in [0.717, 1.165) is 9.13 Å². The Balaban J connectivity index is 2.89. The summed E-state index contributed by atoms with van der Waals surface area (Å²) in [6.07, 6.45) is -1.49. The smallest absolute Gasteiger partial charge is 0.106 e. The van der Waals surface area contributed by atoms with Crippen molar-refractivity contribution in [3.63, 3.8) is 0 Å². The maximum atomic E-state index is 9.89. The topological polar surface area (TPSA) is 40.5 Å². The van der Waals surface area contributed by atoms with Crippen molar-refractivity contribution in [2.24, 2.45) is 5.92 Å². The quantitative estimate of drug-likeness (QED) is 0.842. The van der Waals surface area contributed by atoms with Gasteiger partial charge in [-0.25, -0.2) is 0 Å². The van der Waals surface area contributed by atoms with Gasteiger partial charge in [0.05, 0.1) is 6.10 Å². The van der Waals surface area contributed by atoms with E-state index in [4.69, 9.17) is 0 Å².